The van der Waals surface area contributed by atoms with E-state index in [1.54, 1.807) is 10.9 Å². The van der Waals surface area contributed by atoms with Crippen molar-refractivity contribution >= 4 is 11.9 Å². The normalized spacial score (nSPS) is 10.8. The molecule has 1 aromatic heterocycles. The first kappa shape index (κ1) is 17.3. The number of halogens is 2. The summed E-state index contributed by atoms with van der Waals surface area (Å²) in [4.78, 5) is 0. The van der Waals surface area contributed by atoms with Gasteiger partial charge in [0.15, 0.2) is 5.82 Å². The molecule has 0 radical (unpaired) electrons. The molecule has 0 unspecified atom stereocenters. The maximum atomic E-state index is 13.6. The Hall–Kier alpha value is -3.53. The molecule has 0 amide bonds. The Morgan fingerprint density at radius 2 is 2.00 bits per heavy atom. The van der Waals surface area contributed by atoms with E-state index in [-0.39, 0.29) is 5.69 Å². The smallest absolute Gasteiger partial charge is 0.151 e. The van der Waals surface area contributed by atoms with Crippen LogP contribution in [0.4, 0.5) is 14.5 Å². The highest BCUT2D eigenvalue weighted by atomic mass is 19.1. The molecule has 0 spiro atoms. The summed E-state index contributed by atoms with van der Waals surface area (Å²) in [5.41, 5.74) is 4.94. The largest absolute Gasteiger partial charge is 0.276 e. The van der Waals surface area contributed by atoms with Crippen LogP contribution in [0.25, 0.3) is 11.3 Å². The Balaban J connectivity index is 1.85. The first-order chi connectivity index (χ1) is 12.7. The second-order valence-corrected chi connectivity index (χ2v) is 5.46. The summed E-state index contributed by atoms with van der Waals surface area (Å²) in [7, 11) is 0. The molecule has 0 aliphatic carbocycles. The van der Waals surface area contributed by atoms with Gasteiger partial charge in [0.25, 0.3) is 0 Å². The van der Waals surface area contributed by atoms with Gasteiger partial charge in [-0.3, -0.25) is 10.1 Å². The SMILES string of the molecule is N#CCCn1cc(/C=N\Nc2ccc(F)cc2F)c(-c2ccccc2)n1. The van der Waals surface area contributed by atoms with E-state index in [1.165, 1.54) is 12.3 Å². The van der Waals surface area contributed by atoms with Crippen LogP contribution in [0.5, 0.6) is 0 Å². The molecule has 1 heterocycles. The molecule has 1 N–H and O–H groups in total. The number of hydrogen-bond donors (Lipinski definition) is 1. The van der Waals surface area contributed by atoms with Crippen LogP contribution >= 0.6 is 0 Å². The summed E-state index contributed by atoms with van der Waals surface area (Å²) < 4.78 is 28.3. The van der Waals surface area contributed by atoms with Crippen LogP contribution in [0, 0.1) is 23.0 Å². The summed E-state index contributed by atoms with van der Waals surface area (Å²) in [6.07, 6.45) is 3.62. The number of aryl methyl sites for hydroxylation is 1. The zero-order valence-electron chi connectivity index (χ0n) is 13.7. The van der Waals surface area contributed by atoms with Gasteiger partial charge in [-0.05, 0) is 12.1 Å². The fraction of sp³-hybridized carbons (Fsp3) is 0.105. The highest BCUT2D eigenvalue weighted by Gasteiger charge is 2.10. The third-order valence-electron chi connectivity index (χ3n) is 3.61. The minimum atomic E-state index is -0.727. The molecule has 7 heteroatoms. The van der Waals surface area contributed by atoms with E-state index in [0.717, 1.165) is 17.7 Å². The lowest BCUT2D eigenvalue weighted by molar-refractivity contribution is 0.585. The standard InChI is InChI=1S/C19H15F2N5/c20-16-7-8-18(17(21)11-16)24-23-12-15-13-26(10-4-9-22)25-19(15)14-5-2-1-3-6-14/h1-3,5-8,11-13,24H,4,10H2/b23-12-. The Labute approximate surface area is 149 Å². The quantitative estimate of drug-likeness (QED) is 0.535. The van der Waals surface area contributed by atoms with Crippen LogP contribution in [0.2, 0.25) is 0 Å². The lowest BCUT2D eigenvalue weighted by Crippen LogP contribution is -1.97. The van der Waals surface area contributed by atoms with E-state index < -0.39 is 11.6 Å². The second kappa shape index (κ2) is 8.03. The van der Waals surface area contributed by atoms with Crippen molar-refractivity contribution in [3.63, 3.8) is 0 Å². The second-order valence-electron chi connectivity index (χ2n) is 5.46. The minimum absolute atomic E-state index is 0.0702. The topological polar surface area (TPSA) is 66.0 Å². The molecule has 0 saturated heterocycles. The van der Waals surface area contributed by atoms with E-state index in [2.05, 4.69) is 21.7 Å². The summed E-state index contributed by atoms with van der Waals surface area (Å²) >= 11 is 0. The number of nitrogens with zero attached hydrogens (tertiary/aromatic N) is 4. The molecule has 0 fully saturated rings. The van der Waals surface area contributed by atoms with Gasteiger partial charge < -0.3 is 0 Å². The highest BCUT2D eigenvalue weighted by Crippen LogP contribution is 2.21. The molecule has 3 rings (SSSR count). The van der Waals surface area contributed by atoms with E-state index >= 15 is 0 Å². The number of hydrogen-bond acceptors (Lipinski definition) is 4. The van der Waals surface area contributed by atoms with Crippen molar-refractivity contribution in [3.8, 4) is 17.3 Å². The fourth-order valence-corrected chi connectivity index (χ4v) is 2.38. The molecule has 0 bridgehead atoms. The molecule has 0 atom stereocenters. The number of benzene rings is 2. The van der Waals surface area contributed by atoms with Crippen LogP contribution in [0.3, 0.4) is 0 Å². The first-order valence-electron chi connectivity index (χ1n) is 7.91. The summed E-state index contributed by atoms with van der Waals surface area (Å²) in [5, 5.41) is 17.3. The van der Waals surface area contributed by atoms with Gasteiger partial charge in [0.1, 0.15) is 11.5 Å². The molecule has 0 aliphatic rings. The van der Waals surface area contributed by atoms with Gasteiger partial charge in [-0.2, -0.15) is 15.5 Å². The summed E-state index contributed by atoms with van der Waals surface area (Å²) in [6, 6.07) is 14.8. The monoisotopic (exact) mass is 351 g/mol. The highest BCUT2D eigenvalue weighted by molar-refractivity contribution is 5.88. The Morgan fingerprint density at radius 1 is 1.19 bits per heavy atom. The molecule has 5 nitrogen and oxygen atoms in total. The average molecular weight is 351 g/mol. The van der Waals surface area contributed by atoms with Gasteiger partial charge in [-0.25, -0.2) is 8.78 Å². The van der Waals surface area contributed by atoms with Crippen molar-refractivity contribution in [2.75, 3.05) is 5.43 Å². The molecular weight excluding hydrogens is 336 g/mol. The zero-order valence-corrected chi connectivity index (χ0v) is 13.7. The maximum Gasteiger partial charge on any atom is 0.151 e. The van der Waals surface area contributed by atoms with Crippen LogP contribution in [-0.4, -0.2) is 16.0 Å². The van der Waals surface area contributed by atoms with Gasteiger partial charge in [0, 0.05) is 23.4 Å². The van der Waals surface area contributed by atoms with Crippen LogP contribution in [-0.2, 0) is 6.54 Å². The molecular formula is C19H15F2N5. The summed E-state index contributed by atoms with van der Waals surface area (Å²) in [6.45, 7) is 0.462. The van der Waals surface area contributed by atoms with Crippen molar-refractivity contribution in [3.05, 3.63) is 71.9 Å². The molecule has 3 aromatic rings. The van der Waals surface area contributed by atoms with Crippen LogP contribution in [0.15, 0.2) is 59.8 Å². The Bertz CT molecular complexity index is 958. The number of nitrogens with one attached hydrogen (secondary N) is 1. The zero-order chi connectivity index (χ0) is 18.4. The fourth-order valence-electron chi connectivity index (χ4n) is 2.38. The first-order valence-corrected chi connectivity index (χ1v) is 7.91. The lowest BCUT2D eigenvalue weighted by Gasteiger charge is -2.02. The molecule has 2 aromatic carbocycles. The van der Waals surface area contributed by atoms with Crippen LogP contribution in [0.1, 0.15) is 12.0 Å². The molecule has 0 aliphatic heterocycles. The number of anilines is 1. The predicted octanol–water partition coefficient (Wildman–Crippen LogP) is 4.19. The molecule has 0 saturated carbocycles. The third kappa shape index (κ3) is 4.11. The van der Waals surface area contributed by atoms with Crippen molar-refractivity contribution in [1.29, 1.82) is 5.26 Å². The van der Waals surface area contributed by atoms with E-state index in [1.807, 2.05) is 30.3 Å². The molecule has 130 valence electrons. The number of nitriles is 1. The lowest BCUT2D eigenvalue weighted by atomic mass is 10.1. The van der Waals surface area contributed by atoms with Crippen molar-refractivity contribution in [2.45, 2.75) is 13.0 Å². The van der Waals surface area contributed by atoms with Gasteiger partial charge in [-0.15, -0.1) is 0 Å². The maximum absolute atomic E-state index is 13.6. The third-order valence-corrected chi connectivity index (χ3v) is 3.61. The predicted molar refractivity (Wildman–Crippen MR) is 95.5 cm³/mol. The van der Waals surface area contributed by atoms with Crippen molar-refractivity contribution < 1.29 is 8.78 Å². The van der Waals surface area contributed by atoms with Gasteiger partial charge in [0.2, 0.25) is 0 Å². The van der Waals surface area contributed by atoms with Gasteiger partial charge in [0.05, 0.1) is 30.9 Å². The van der Waals surface area contributed by atoms with E-state index in [9.17, 15) is 8.78 Å². The van der Waals surface area contributed by atoms with Gasteiger partial charge >= 0.3 is 0 Å². The number of rotatable bonds is 6. The average Bonchev–Trinajstić information content (AvgIpc) is 3.05. The Kier molecular flexibility index (Phi) is 5.34. The van der Waals surface area contributed by atoms with Crippen molar-refractivity contribution in [2.24, 2.45) is 5.10 Å². The number of aromatic nitrogens is 2. The molecule has 26 heavy (non-hydrogen) atoms. The van der Waals surface area contributed by atoms with E-state index in [4.69, 9.17) is 5.26 Å². The van der Waals surface area contributed by atoms with Crippen LogP contribution < -0.4 is 5.43 Å². The van der Waals surface area contributed by atoms with Gasteiger partial charge in [-0.1, -0.05) is 30.3 Å². The van der Waals surface area contributed by atoms with E-state index in [0.29, 0.717) is 24.2 Å². The van der Waals surface area contributed by atoms with Crippen molar-refractivity contribution in [1.82, 2.24) is 9.78 Å². The minimum Gasteiger partial charge on any atom is -0.276 e. The number of hydrazone groups is 1. The summed E-state index contributed by atoms with van der Waals surface area (Å²) in [5.74, 6) is -1.38. The Morgan fingerprint density at radius 3 is 2.73 bits per heavy atom.